The molecule has 0 saturated carbocycles. The van der Waals surface area contributed by atoms with Crippen molar-refractivity contribution in [2.24, 2.45) is 0 Å². The number of hydrogen-bond donors (Lipinski definition) is 0. The molecular formula is C16H21N3O2. The van der Waals surface area contributed by atoms with Crippen LogP contribution in [0, 0.1) is 11.3 Å². The molecule has 1 aromatic rings. The Bertz CT molecular complexity index is 539. The Balaban J connectivity index is 2.14. The second-order valence-corrected chi connectivity index (χ2v) is 5.38. The van der Waals surface area contributed by atoms with Crippen LogP contribution in [0.15, 0.2) is 24.3 Å². The predicted octanol–water partition coefficient (Wildman–Crippen LogP) is 1.41. The Labute approximate surface area is 125 Å². The summed E-state index contributed by atoms with van der Waals surface area (Å²) in [6.07, 6.45) is 0.397. The van der Waals surface area contributed by atoms with Gasteiger partial charge in [-0.15, -0.1) is 0 Å². The molecule has 5 heteroatoms. The summed E-state index contributed by atoms with van der Waals surface area (Å²) in [5.41, 5.74) is 1.80. The minimum absolute atomic E-state index is 0.182. The third-order valence-electron chi connectivity index (χ3n) is 3.93. The van der Waals surface area contributed by atoms with Crippen molar-refractivity contribution in [3.05, 3.63) is 35.4 Å². The van der Waals surface area contributed by atoms with E-state index in [1.807, 2.05) is 18.2 Å². The largest absolute Gasteiger partial charge is 0.469 e. The Morgan fingerprint density at radius 3 is 3.00 bits per heavy atom. The molecule has 1 aliphatic heterocycles. The van der Waals surface area contributed by atoms with Crippen LogP contribution in [0.25, 0.3) is 0 Å². The summed E-state index contributed by atoms with van der Waals surface area (Å²) >= 11 is 0. The van der Waals surface area contributed by atoms with E-state index in [0.29, 0.717) is 18.5 Å². The number of nitrogens with zero attached hydrogens (tertiary/aromatic N) is 3. The van der Waals surface area contributed by atoms with E-state index in [0.717, 1.165) is 25.2 Å². The molecule has 1 unspecified atom stereocenters. The van der Waals surface area contributed by atoms with E-state index in [4.69, 9.17) is 10.00 Å². The molecule has 112 valence electrons. The number of hydrogen-bond acceptors (Lipinski definition) is 5. The van der Waals surface area contributed by atoms with Gasteiger partial charge in [0.1, 0.15) is 0 Å². The lowest BCUT2D eigenvalue weighted by atomic mass is 10.0. The van der Waals surface area contributed by atoms with Crippen LogP contribution >= 0.6 is 0 Å². The number of esters is 1. The van der Waals surface area contributed by atoms with Gasteiger partial charge in [0.25, 0.3) is 0 Å². The molecule has 5 nitrogen and oxygen atoms in total. The van der Waals surface area contributed by atoms with Crippen LogP contribution in [0.3, 0.4) is 0 Å². The van der Waals surface area contributed by atoms with Crippen LogP contribution < -0.4 is 0 Å². The first kappa shape index (κ1) is 15.5. The number of benzene rings is 1. The number of likely N-dealkylation sites (N-methyl/N-ethyl adjacent to an activating group) is 1. The van der Waals surface area contributed by atoms with E-state index in [-0.39, 0.29) is 12.0 Å². The summed E-state index contributed by atoms with van der Waals surface area (Å²) in [6, 6.07) is 10.1. The SMILES string of the molecule is COC(=O)CCN1CCN(C)CC1c1cccc(C#N)c1. The molecule has 2 rings (SSSR count). The maximum absolute atomic E-state index is 11.4. The van der Waals surface area contributed by atoms with E-state index in [1.54, 1.807) is 0 Å². The van der Waals surface area contributed by atoms with Gasteiger partial charge < -0.3 is 9.64 Å². The van der Waals surface area contributed by atoms with E-state index < -0.39 is 0 Å². The highest BCUT2D eigenvalue weighted by atomic mass is 16.5. The van der Waals surface area contributed by atoms with Crippen LogP contribution in [0.4, 0.5) is 0 Å². The zero-order valence-electron chi connectivity index (χ0n) is 12.6. The molecule has 0 bridgehead atoms. The summed E-state index contributed by atoms with van der Waals surface area (Å²) in [5, 5.41) is 9.05. The highest BCUT2D eigenvalue weighted by Gasteiger charge is 2.27. The molecule has 1 saturated heterocycles. The third kappa shape index (κ3) is 4.03. The molecule has 0 N–H and O–H groups in total. The van der Waals surface area contributed by atoms with Gasteiger partial charge in [-0.25, -0.2) is 0 Å². The second kappa shape index (κ2) is 7.21. The predicted molar refractivity (Wildman–Crippen MR) is 79.6 cm³/mol. The average Bonchev–Trinajstić information content (AvgIpc) is 2.53. The summed E-state index contributed by atoms with van der Waals surface area (Å²) in [4.78, 5) is 15.9. The van der Waals surface area contributed by atoms with Gasteiger partial charge in [0, 0.05) is 32.2 Å². The van der Waals surface area contributed by atoms with Crippen molar-refractivity contribution in [1.29, 1.82) is 5.26 Å². The Morgan fingerprint density at radius 1 is 1.48 bits per heavy atom. The van der Waals surface area contributed by atoms with Gasteiger partial charge in [0.05, 0.1) is 25.2 Å². The number of methoxy groups -OCH3 is 1. The fourth-order valence-corrected chi connectivity index (χ4v) is 2.69. The molecule has 1 atom stereocenters. The van der Waals surface area contributed by atoms with Crippen LogP contribution in [0.5, 0.6) is 0 Å². The number of carbonyl (C=O) groups excluding carboxylic acids is 1. The normalized spacial score (nSPS) is 20.0. The standard InChI is InChI=1S/C16H21N3O2/c1-18-8-9-19(7-6-16(20)21-2)15(12-18)14-5-3-4-13(10-14)11-17/h3-5,10,15H,6-9,12H2,1-2H3. The lowest BCUT2D eigenvalue weighted by Crippen LogP contribution is -2.47. The van der Waals surface area contributed by atoms with E-state index in [2.05, 4.69) is 29.0 Å². The van der Waals surface area contributed by atoms with E-state index in [1.165, 1.54) is 7.11 Å². The van der Waals surface area contributed by atoms with Gasteiger partial charge in [-0.3, -0.25) is 9.69 Å². The minimum atomic E-state index is -0.182. The molecule has 1 fully saturated rings. The molecule has 0 amide bonds. The van der Waals surface area contributed by atoms with Crippen molar-refractivity contribution >= 4 is 5.97 Å². The number of piperazine rings is 1. The quantitative estimate of drug-likeness (QED) is 0.784. The maximum atomic E-state index is 11.4. The third-order valence-corrected chi connectivity index (χ3v) is 3.93. The zero-order chi connectivity index (χ0) is 15.2. The Hall–Kier alpha value is -1.90. The number of carbonyl (C=O) groups is 1. The van der Waals surface area contributed by atoms with Crippen molar-refractivity contribution in [3.63, 3.8) is 0 Å². The lowest BCUT2D eigenvalue weighted by Gasteiger charge is -2.40. The van der Waals surface area contributed by atoms with Gasteiger partial charge in [0.15, 0.2) is 0 Å². The molecular weight excluding hydrogens is 266 g/mol. The highest BCUT2D eigenvalue weighted by molar-refractivity contribution is 5.69. The average molecular weight is 287 g/mol. The van der Waals surface area contributed by atoms with E-state index in [9.17, 15) is 4.79 Å². The van der Waals surface area contributed by atoms with Gasteiger partial charge >= 0.3 is 5.97 Å². The molecule has 0 aromatic heterocycles. The van der Waals surface area contributed by atoms with E-state index >= 15 is 0 Å². The Morgan fingerprint density at radius 2 is 2.29 bits per heavy atom. The zero-order valence-corrected chi connectivity index (χ0v) is 12.6. The molecule has 1 heterocycles. The Kier molecular flexibility index (Phi) is 5.32. The van der Waals surface area contributed by atoms with Crippen molar-refractivity contribution in [1.82, 2.24) is 9.80 Å². The van der Waals surface area contributed by atoms with Crippen molar-refractivity contribution in [2.45, 2.75) is 12.5 Å². The topological polar surface area (TPSA) is 56.6 Å². The molecule has 1 aliphatic rings. The van der Waals surface area contributed by atoms with Crippen LogP contribution in [0.1, 0.15) is 23.6 Å². The summed E-state index contributed by atoms with van der Waals surface area (Å²) in [5.74, 6) is -0.182. The summed E-state index contributed by atoms with van der Waals surface area (Å²) in [7, 11) is 3.51. The van der Waals surface area contributed by atoms with Gasteiger partial charge in [0.2, 0.25) is 0 Å². The van der Waals surface area contributed by atoms with Gasteiger partial charge in [-0.2, -0.15) is 5.26 Å². The first-order chi connectivity index (χ1) is 10.1. The molecule has 0 aliphatic carbocycles. The summed E-state index contributed by atoms with van der Waals surface area (Å²) < 4.78 is 4.72. The van der Waals surface area contributed by atoms with Crippen molar-refractivity contribution < 1.29 is 9.53 Å². The first-order valence-electron chi connectivity index (χ1n) is 7.13. The van der Waals surface area contributed by atoms with Crippen LogP contribution in [-0.2, 0) is 9.53 Å². The van der Waals surface area contributed by atoms with Crippen molar-refractivity contribution in [3.8, 4) is 6.07 Å². The highest BCUT2D eigenvalue weighted by Crippen LogP contribution is 2.25. The maximum Gasteiger partial charge on any atom is 0.306 e. The fourth-order valence-electron chi connectivity index (χ4n) is 2.69. The lowest BCUT2D eigenvalue weighted by molar-refractivity contribution is -0.141. The van der Waals surface area contributed by atoms with Crippen LogP contribution in [-0.4, -0.2) is 56.1 Å². The molecule has 1 aromatic carbocycles. The fraction of sp³-hybridized carbons (Fsp3) is 0.500. The van der Waals surface area contributed by atoms with Gasteiger partial charge in [-0.05, 0) is 24.7 Å². The molecule has 21 heavy (non-hydrogen) atoms. The van der Waals surface area contributed by atoms with Crippen LogP contribution in [0.2, 0.25) is 0 Å². The first-order valence-corrected chi connectivity index (χ1v) is 7.13. The number of ether oxygens (including phenoxy) is 1. The smallest absolute Gasteiger partial charge is 0.306 e. The summed E-state index contributed by atoms with van der Waals surface area (Å²) in [6.45, 7) is 3.47. The number of nitriles is 1. The number of rotatable bonds is 4. The van der Waals surface area contributed by atoms with Crippen molar-refractivity contribution in [2.75, 3.05) is 40.3 Å². The monoisotopic (exact) mass is 287 g/mol. The molecule has 0 spiro atoms. The second-order valence-electron chi connectivity index (χ2n) is 5.38. The molecule has 0 radical (unpaired) electrons. The minimum Gasteiger partial charge on any atom is -0.469 e. The van der Waals surface area contributed by atoms with Gasteiger partial charge in [-0.1, -0.05) is 12.1 Å².